The van der Waals surface area contributed by atoms with E-state index in [0.717, 1.165) is 44.2 Å². The minimum absolute atomic E-state index is 0.161. The van der Waals surface area contributed by atoms with Crippen LogP contribution in [0.15, 0.2) is 23.3 Å². The molecule has 2 fully saturated rings. The summed E-state index contributed by atoms with van der Waals surface area (Å²) >= 11 is 0. The Kier molecular flexibility index (Phi) is 4.93. The van der Waals surface area contributed by atoms with E-state index in [2.05, 4.69) is 47.7 Å². The molecule has 2 aromatic heterocycles. The normalized spacial score (nSPS) is 20.0. The van der Waals surface area contributed by atoms with Crippen LogP contribution in [0.1, 0.15) is 25.0 Å². The van der Waals surface area contributed by atoms with Gasteiger partial charge < -0.3 is 15.5 Å². The summed E-state index contributed by atoms with van der Waals surface area (Å²) in [5, 5.41) is 0. The highest BCUT2D eigenvalue weighted by molar-refractivity contribution is 5.51. The molecule has 0 aliphatic carbocycles. The van der Waals surface area contributed by atoms with Crippen molar-refractivity contribution < 1.29 is 0 Å². The van der Waals surface area contributed by atoms with Crippen LogP contribution < -0.4 is 21.1 Å². The highest BCUT2D eigenvalue weighted by Crippen LogP contribution is 2.25. The van der Waals surface area contributed by atoms with Crippen molar-refractivity contribution in [2.45, 2.75) is 31.8 Å². The Bertz CT molecular complexity index is 847. The molecule has 4 rings (SSSR count). The number of nitrogens with one attached hydrogen (secondary N) is 1. The summed E-state index contributed by atoms with van der Waals surface area (Å²) in [6, 6.07) is 3.98. The number of nitrogens with zero attached hydrogens (tertiary/aromatic N) is 6. The molecule has 1 atom stereocenters. The van der Waals surface area contributed by atoms with Gasteiger partial charge in [0.2, 0.25) is 5.95 Å². The topological polar surface area (TPSA) is 107 Å². The number of hydrogen-bond donors (Lipinski definition) is 2. The van der Waals surface area contributed by atoms with Crippen LogP contribution in [0.5, 0.6) is 0 Å². The molecule has 3 N–H and O–H groups in total. The Morgan fingerprint density at radius 2 is 1.93 bits per heavy atom. The zero-order valence-electron chi connectivity index (χ0n) is 15.6. The largest absolute Gasteiger partial charge is 0.369 e. The van der Waals surface area contributed by atoms with Crippen molar-refractivity contribution in [2.24, 2.45) is 0 Å². The van der Waals surface area contributed by atoms with Gasteiger partial charge in [-0.1, -0.05) is 0 Å². The molecule has 0 aromatic carbocycles. The summed E-state index contributed by atoms with van der Waals surface area (Å²) in [7, 11) is 2.06. The lowest BCUT2D eigenvalue weighted by atomic mass is 10.2. The Labute approximate surface area is 158 Å². The molecule has 0 saturated carbocycles. The molecule has 0 radical (unpaired) electrons. The third kappa shape index (κ3) is 4.02. The summed E-state index contributed by atoms with van der Waals surface area (Å²) in [6.45, 7) is 4.60. The summed E-state index contributed by atoms with van der Waals surface area (Å²) in [5.74, 6) is 2.17. The molecule has 4 heterocycles. The van der Waals surface area contributed by atoms with Crippen LogP contribution in [0.25, 0.3) is 0 Å². The quantitative estimate of drug-likeness (QED) is 0.781. The van der Waals surface area contributed by atoms with E-state index >= 15 is 0 Å². The minimum Gasteiger partial charge on any atom is -0.369 e. The first-order valence-electron chi connectivity index (χ1n) is 9.46. The highest BCUT2D eigenvalue weighted by atomic mass is 16.1. The molecule has 1 unspecified atom stereocenters. The predicted molar refractivity (Wildman–Crippen MR) is 105 cm³/mol. The fraction of sp³-hybridized carbons (Fsp3) is 0.556. The number of H-pyrrole nitrogens is 1. The number of likely N-dealkylation sites (N-methyl/N-ethyl adjacent to an activating group) is 1. The summed E-state index contributed by atoms with van der Waals surface area (Å²) < 4.78 is 0. The zero-order chi connectivity index (χ0) is 18.8. The number of anilines is 3. The van der Waals surface area contributed by atoms with Gasteiger partial charge in [0.1, 0.15) is 18.0 Å². The van der Waals surface area contributed by atoms with E-state index in [1.54, 1.807) is 6.33 Å². The zero-order valence-corrected chi connectivity index (χ0v) is 15.6. The molecular weight excluding hydrogens is 344 g/mol. The molecule has 9 heteroatoms. The van der Waals surface area contributed by atoms with Crippen LogP contribution in [0.4, 0.5) is 17.6 Å². The molecule has 2 saturated heterocycles. The number of aromatic amines is 1. The maximum absolute atomic E-state index is 11.6. The Balaban J connectivity index is 1.40. The number of nitrogens with two attached hydrogens (primary N) is 1. The second kappa shape index (κ2) is 7.51. The Hall–Kier alpha value is -2.68. The predicted octanol–water partition coefficient (Wildman–Crippen LogP) is 0.453. The second-order valence-electron chi connectivity index (χ2n) is 7.35. The van der Waals surface area contributed by atoms with Crippen molar-refractivity contribution >= 4 is 17.6 Å². The van der Waals surface area contributed by atoms with Crippen molar-refractivity contribution in [3.63, 3.8) is 0 Å². The average Bonchev–Trinajstić information content (AvgIpc) is 3.33. The van der Waals surface area contributed by atoms with Gasteiger partial charge in [-0.2, -0.15) is 0 Å². The van der Waals surface area contributed by atoms with Gasteiger partial charge in [0.25, 0.3) is 5.56 Å². The van der Waals surface area contributed by atoms with Crippen molar-refractivity contribution in [2.75, 3.05) is 48.8 Å². The van der Waals surface area contributed by atoms with E-state index in [4.69, 9.17) is 5.73 Å². The SMILES string of the molecule is CN(Cc1cc(=O)[nH]c(N)n1)C1CCN(c2cc(N3CCCC3)ncn2)C1. The van der Waals surface area contributed by atoms with Gasteiger partial charge in [-0.25, -0.2) is 15.0 Å². The van der Waals surface area contributed by atoms with Crippen LogP contribution in [0, 0.1) is 0 Å². The molecule has 9 nitrogen and oxygen atoms in total. The number of rotatable bonds is 5. The van der Waals surface area contributed by atoms with Crippen LogP contribution in [-0.2, 0) is 6.54 Å². The smallest absolute Gasteiger partial charge is 0.252 e. The van der Waals surface area contributed by atoms with Crippen molar-refractivity contribution in [1.29, 1.82) is 0 Å². The third-order valence-electron chi connectivity index (χ3n) is 5.40. The molecule has 2 aliphatic rings. The summed E-state index contributed by atoms with van der Waals surface area (Å²) in [4.78, 5) is 34.1. The number of nitrogen functional groups attached to an aromatic ring is 1. The highest BCUT2D eigenvalue weighted by Gasteiger charge is 2.27. The van der Waals surface area contributed by atoms with Crippen molar-refractivity contribution in [1.82, 2.24) is 24.8 Å². The third-order valence-corrected chi connectivity index (χ3v) is 5.40. The first kappa shape index (κ1) is 17.7. The van der Waals surface area contributed by atoms with Crippen LogP contribution >= 0.6 is 0 Å². The van der Waals surface area contributed by atoms with Gasteiger partial charge in [0.15, 0.2) is 0 Å². The lowest BCUT2D eigenvalue weighted by Gasteiger charge is -2.25. The maximum Gasteiger partial charge on any atom is 0.252 e. The standard InChI is InChI=1S/C18H26N8O/c1-24(10-13-8-17(27)23-18(19)22-13)14-4-7-26(11-14)16-9-15(20-12-21-16)25-5-2-3-6-25/h8-9,12,14H,2-7,10-11H2,1H3,(H3,19,22,23,27). The molecular formula is C18H26N8O. The Morgan fingerprint density at radius 3 is 2.67 bits per heavy atom. The number of hydrogen-bond acceptors (Lipinski definition) is 8. The summed E-state index contributed by atoms with van der Waals surface area (Å²) in [6.07, 6.45) is 5.18. The Morgan fingerprint density at radius 1 is 1.19 bits per heavy atom. The molecule has 27 heavy (non-hydrogen) atoms. The fourth-order valence-corrected chi connectivity index (χ4v) is 3.93. The van der Waals surface area contributed by atoms with Crippen molar-refractivity contribution in [3.05, 3.63) is 34.5 Å². The minimum atomic E-state index is -0.214. The van der Waals surface area contributed by atoms with Crippen molar-refractivity contribution in [3.8, 4) is 0 Å². The van der Waals surface area contributed by atoms with Crippen LogP contribution in [0.2, 0.25) is 0 Å². The van der Waals surface area contributed by atoms with E-state index in [-0.39, 0.29) is 11.5 Å². The molecule has 0 amide bonds. The molecule has 2 aliphatic heterocycles. The van der Waals surface area contributed by atoms with Gasteiger partial charge in [-0.05, 0) is 26.3 Å². The van der Waals surface area contributed by atoms with E-state index in [1.165, 1.54) is 18.9 Å². The molecule has 0 spiro atoms. The van der Waals surface area contributed by atoms with Gasteiger partial charge in [0, 0.05) is 50.9 Å². The fourth-order valence-electron chi connectivity index (χ4n) is 3.93. The molecule has 0 bridgehead atoms. The first-order valence-corrected chi connectivity index (χ1v) is 9.46. The first-order chi connectivity index (χ1) is 13.1. The molecule has 144 valence electrons. The van der Waals surface area contributed by atoms with E-state index in [9.17, 15) is 4.79 Å². The summed E-state index contributed by atoms with van der Waals surface area (Å²) in [5.41, 5.74) is 6.12. The van der Waals surface area contributed by atoms with E-state index < -0.39 is 0 Å². The average molecular weight is 370 g/mol. The second-order valence-corrected chi connectivity index (χ2v) is 7.35. The van der Waals surface area contributed by atoms with Gasteiger partial charge in [0.05, 0.1) is 5.69 Å². The monoisotopic (exact) mass is 370 g/mol. The van der Waals surface area contributed by atoms with Gasteiger partial charge >= 0.3 is 0 Å². The van der Waals surface area contributed by atoms with E-state index in [0.29, 0.717) is 18.3 Å². The van der Waals surface area contributed by atoms with Gasteiger partial charge in [-0.15, -0.1) is 0 Å². The van der Waals surface area contributed by atoms with Gasteiger partial charge in [-0.3, -0.25) is 14.7 Å². The lowest BCUT2D eigenvalue weighted by Crippen LogP contribution is -2.35. The maximum atomic E-state index is 11.6. The van der Waals surface area contributed by atoms with Crippen LogP contribution in [0.3, 0.4) is 0 Å². The number of aromatic nitrogens is 4. The lowest BCUT2D eigenvalue weighted by molar-refractivity contribution is 0.247. The van der Waals surface area contributed by atoms with Crippen LogP contribution in [-0.4, -0.2) is 64.1 Å². The van der Waals surface area contributed by atoms with E-state index in [1.807, 2.05) is 0 Å². The molecule has 2 aromatic rings.